The van der Waals surface area contributed by atoms with Gasteiger partial charge in [-0.25, -0.2) is 4.79 Å². The lowest BCUT2D eigenvalue weighted by Gasteiger charge is -2.24. The minimum Gasteiger partial charge on any atom is -0.354 e. The molecule has 0 aromatic heterocycles. The van der Waals surface area contributed by atoms with Crippen molar-refractivity contribution in [3.8, 4) is 0 Å². The first-order valence-corrected chi connectivity index (χ1v) is 9.11. The van der Waals surface area contributed by atoms with Crippen molar-refractivity contribution in [3.63, 3.8) is 0 Å². The molecule has 1 aliphatic heterocycles. The Hall–Kier alpha value is -2.12. The van der Waals surface area contributed by atoms with Crippen LogP contribution in [-0.2, 0) is 14.4 Å². The van der Waals surface area contributed by atoms with Gasteiger partial charge in [0.15, 0.2) is 0 Å². The summed E-state index contributed by atoms with van der Waals surface area (Å²) in [5.41, 5.74) is -0.849. The Labute approximate surface area is 148 Å². The smallest absolute Gasteiger partial charge is 0.325 e. The number of nitrogens with one attached hydrogen (secondary N) is 3. The summed E-state index contributed by atoms with van der Waals surface area (Å²) in [6, 6.07) is -1.24. The normalized spacial score (nSPS) is 20.8. The Balaban J connectivity index is 1.93. The van der Waals surface area contributed by atoms with Gasteiger partial charge in [-0.1, -0.05) is 32.6 Å². The van der Waals surface area contributed by atoms with Crippen LogP contribution in [0.1, 0.15) is 58.8 Å². The number of amides is 5. The number of nitrogens with zero attached hydrogens (tertiary/aromatic N) is 1. The number of imide groups is 1. The summed E-state index contributed by atoms with van der Waals surface area (Å²) >= 11 is 0. The molecule has 0 unspecified atom stereocenters. The van der Waals surface area contributed by atoms with E-state index in [1.54, 1.807) is 6.92 Å². The minimum atomic E-state index is -0.849. The van der Waals surface area contributed by atoms with Crippen molar-refractivity contribution in [3.05, 3.63) is 0 Å². The summed E-state index contributed by atoms with van der Waals surface area (Å²) < 4.78 is 0. The third-order valence-electron chi connectivity index (χ3n) is 4.82. The van der Waals surface area contributed by atoms with Gasteiger partial charge in [-0.05, 0) is 26.2 Å². The van der Waals surface area contributed by atoms with Crippen molar-refractivity contribution >= 4 is 23.8 Å². The molecular weight excluding hydrogens is 324 g/mol. The molecule has 1 spiro atoms. The van der Waals surface area contributed by atoms with Crippen LogP contribution in [0.2, 0.25) is 0 Å². The Kier molecular flexibility index (Phi) is 6.39. The highest BCUT2D eigenvalue weighted by Gasteiger charge is 2.51. The quantitative estimate of drug-likeness (QED) is 0.610. The molecule has 0 aromatic carbocycles. The van der Waals surface area contributed by atoms with E-state index in [1.165, 1.54) is 0 Å². The van der Waals surface area contributed by atoms with E-state index >= 15 is 0 Å². The van der Waals surface area contributed by atoms with Gasteiger partial charge in [0, 0.05) is 6.54 Å². The molecule has 1 atom stereocenters. The predicted molar refractivity (Wildman–Crippen MR) is 91.6 cm³/mol. The molecule has 3 N–H and O–H groups in total. The van der Waals surface area contributed by atoms with Crippen molar-refractivity contribution in [2.75, 3.05) is 13.1 Å². The molecule has 140 valence electrons. The molecule has 0 aromatic rings. The minimum absolute atomic E-state index is 0.285. The van der Waals surface area contributed by atoms with E-state index in [0.717, 1.165) is 37.0 Å². The molecule has 1 heterocycles. The van der Waals surface area contributed by atoms with Crippen molar-refractivity contribution in [1.82, 2.24) is 20.9 Å². The van der Waals surface area contributed by atoms with Crippen molar-refractivity contribution < 1.29 is 19.2 Å². The molecule has 1 saturated heterocycles. The Morgan fingerprint density at radius 1 is 1.20 bits per heavy atom. The fraction of sp³-hybridized carbons (Fsp3) is 0.765. The van der Waals surface area contributed by atoms with Crippen molar-refractivity contribution in [1.29, 1.82) is 0 Å². The van der Waals surface area contributed by atoms with Gasteiger partial charge in [0.1, 0.15) is 18.1 Å². The molecule has 5 amide bonds. The van der Waals surface area contributed by atoms with Crippen LogP contribution in [0.4, 0.5) is 4.79 Å². The van der Waals surface area contributed by atoms with Crippen LogP contribution >= 0.6 is 0 Å². The zero-order valence-electron chi connectivity index (χ0n) is 15.0. The lowest BCUT2D eigenvalue weighted by molar-refractivity contribution is -0.136. The summed E-state index contributed by atoms with van der Waals surface area (Å²) in [7, 11) is 0. The average Bonchev–Trinajstić information content (AvgIpc) is 2.75. The highest BCUT2D eigenvalue weighted by molar-refractivity contribution is 6.09. The molecular formula is C17H28N4O4. The van der Waals surface area contributed by atoms with E-state index in [0.29, 0.717) is 19.4 Å². The van der Waals surface area contributed by atoms with Crippen LogP contribution in [0.3, 0.4) is 0 Å². The summed E-state index contributed by atoms with van der Waals surface area (Å²) in [5.74, 6) is -1.13. The predicted octanol–water partition coefficient (Wildman–Crippen LogP) is 0.662. The third-order valence-corrected chi connectivity index (χ3v) is 4.82. The molecule has 0 bridgehead atoms. The van der Waals surface area contributed by atoms with Crippen LogP contribution in [-0.4, -0.2) is 53.3 Å². The first-order valence-electron chi connectivity index (χ1n) is 9.11. The second-order valence-corrected chi connectivity index (χ2v) is 6.90. The lowest BCUT2D eigenvalue weighted by Crippen LogP contribution is -2.50. The van der Waals surface area contributed by atoms with E-state index in [9.17, 15) is 19.2 Å². The van der Waals surface area contributed by atoms with Gasteiger partial charge in [-0.15, -0.1) is 0 Å². The summed E-state index contributed by atoms with van der Waals surface area (Å²) in [6.07, 6.45) is 5.92. The summed E-state index contributed by atoms with van der Waals surface area (Å²) in [5, 5.41) is 8.02. The van der Waals surface area contributed by atoms with Gasteiger partial charge in [0.25, 0.3) is 5.91 Å². The van der Waals surface area contributed by atoms with Gasteiger partial charge < -0.3 is 16.0 Å². The first-order chi connectivity index (χ1) is 11.9. The van der Waals surface area contributed by atoms with Gasteiger partial charge >= 0.3 is 6.03 Å². The standard InChI is InChI=1S/C17H28N4O4/c1-3-10-18-14(23)12(2)19-13(22)11-21-15(24)17(20-16(21)25)8-6-4-5-7-9-17/h12H,3-11H2,1-2H3,(H,18,23)(H,19,22)(H,20,25)/t12-/m0/s1. The second kappa shape index (κ2) is 8.31. The average molecular weight is 352 g/mol. The van der Waals surface area contributed by atoms with E-state index in [4.69, 9.17) is 0 Å². The van der Waals surface area contributed by atoms with Crippen LogP contribution in [0, 0.1) is 0 Å². The molecule has 8 nitrogen and oxygen atoms in total. The van der Waals surface area contributed by atoms with E-state index in [2.05, 4.69) is 16.0 Å². The maximum absolute atomic E-state index is 12.7. The lowest BCUT2D eigenvalue weighted by atomic mass is 9.90. The fourth-order valence-corrected chi connectivity index (χ4v) is 3.39. The number of hydrogen-bond donors (Lipinski definition) is 3. The largest absolute Gasteiger partial charge is 0.354 e. The number of hydrogen-bond acceptors (Lipinski definition) is 4. The summed E-state index contributed by atoms with van der Waals surface area (Å²) in [4.78, 5) is 49.8. The highest BCUT2D eigenvalue weighted by atomic mass is 16.2. The molecule has 1 aliphatic carbocycles. The Bertz CT molecular complexity index is 541. The third kappa shape index (κ3) is 4.49. The van der Waals surface area contributed by atoms with Crippen LogP contribution in [0.25, 0.3) is 0 Å². The number of carbonyl (C=O) groups excluding carboxylic acids is 4. The first kappa shape index (κ1) is 19.2. The Morgan fingerprint density at radius 3 is 2.44 bits per heavy atom. The molecule has 2 rings (SSSR count). The van der Waals surface area contributed by atoms with E-state index in [1.807, 2.05) is 6.92 Å². The zero-order valence-corrected chi connectivity index (χ0v) is 15.0. The molecule has 2 aliphatic rings. The second-order valence-electron chi connectivity index (χ2n) is 6.90. The Morgan fingerprint density at radius 2 is 1.84 bits per heavy atom. The van der Waals surface area contributed by atoms with Gasteiger partial charge in [-0.2, -0.15) is 0 Å². The number of rotatable bonds is 6. The van der Waals surface area contributed by atoms with Gasteiger partial charge in [0.2, 0.25) is 11.8 Å². The van der Waals surface area contributed by atoms with E-state index in [-0.39, 0.29) is 18.4 Å². The van der Waals surface area contributed by atoms with Gasteiger partial charge in [0.05, 0.1) is 0 Å². The van der Waals surface area contributed by atoms with Crippen molar-refractivity contribution in [2.45, 2.75) is 70.4 Å². The van der Waals surface area contributed by atoms with Crippen molar-refractivity contribution in [2.24, 2.45) is 0 Å². The topological polar surface area (TPSA) is 108 Å². The van der Waals surface area contributed by atoms with E-state index < -0.39 is 23.5 Å². The molecule has 0 radical (unpaired) electrons. The molecule has 25 heavy (non-hydrogen) atoms. The molecule has 1 saturated carbocycles. The molecule has 2 fully saturated rings. The van der Waals surface area contributed by atoms with Crippen LogP contribution < -0.4 is 16.0 Å². The zero-order chi connectivity index (χ0) is 18.4. The fourth-order valence-electron chi connectivity index (χ4n) is 3.39. The number of urea groups is 1. The monoisotopic (exact) mass is 352 g/mol. The highest BCUT2D eigenvalue weighted by Crippen LogP contribution is 2.32. The van der Waals surface area contributed by atoms with Crippen LogP contribution in [0.5, 0.6) is 0 Å². The summed E-state index contributed by atoms with van der Waals surface area (Å²) in [6.45, 7) is 3.68. The van der Waals surface area contributed by atoms with Gasteiger partial charge in [-0.3, -0.25) is 19.3 Å². The van der Waals surface area contributed by atoms with Crippen LogP contribution in [0.15, 0.2) is 0 Å². The maximum atomic E-state index is 12.7. The molecule has 8 heteroatoms. The number of carbonyl (C=O) groups is 4. The SMILES string of the molecule is CCCNC(=O)[C@H](C)NC(=O)CN1C(=O)NC2(CCCCCC2)C1=O. The maximum Gasteiger partial charge on any atom is 0.325 e.